The molecule has 0 bridgehead atoms. The molecule has 0 aromatic rings. The van der Waals surface area contributed by atoms with Crippen molar-refractivity contribution >= 4 is 5.91 Å². The summed E-state index contributed by atoms with van der Waals surface area (Å²) in [6.45, 7) is 3.51. The highest BCUT2D eigenvalue weighted by molar-refractivity contribution is 5.80. The highest BCUT2D eigenvalue weighted by atomic mass is 16.7. The second-order valence-corrected chi connectivity index (χ2v) is 29.9. The molecule has 1 heterocycles. The van der Waals surface area contributed by atoms with Crippen LogP contribution in [0.15, 0.2) is 48.6 Å². The normalized spacial score (nSPS) is 18.2. The van der Waals surface area contributed by atoms with Gasteiger partial charge in [-0.1, -0.05) is 383 Å². The van der Waals surface area contributed by atoms with E-state index in [9.17, 15) is 40.5 Å². The van der Waals surface area contributed by atoms with Gasteiger partial charge in [-0.3, -0.25) is 4.79 Å². The topological polar surface area (TPSA) is 189 Å². The van der Waals surface area contributed by atoms with Crippen molar-refractivity contribution < 1.29 is 50.0 Å². The van der Waals surface area contributed by atoms with Gasteiger partial charge in [0.05, 0.1) is 25.4 Å². The Labute approximate surface area is 599 Å². The molecule has 0 spiro atoms. The monoisotopic (exact) mass is 1370 g/mol. The third-order valence-corrected chi connectivity index (χ3v) is 20.6. The number of hydrogen-bond acceptors (Lipinski definition) is 10. The van der Waals surface area contributed by atoms with E-state index in [0.29, 0.717) is 19.3 Å². The largest absolute Gasteiger partial charge is 0.394 e. The SMILES string of the molecule is CCCCCCCCCCCCCCCCCCCC/C=C\CCCCCCCCCCCCCCCCCCC(O)C(=O)NC(COC1OC(CO)C(O)C(O)C1O)C(O)C(O)CCC/C=C/CC/C=C/CC/C=C/CCCCCCCCCCCCCCCCCCCCC. The van der Waals surface area contributed by atoms with Gasteiger partial charge in [0, 0.05) is 0 Å². The number of nitrogens with one attached hydrogen (secondary N) is 1. The summed E-state index contributed by atoms with van der Waals surface area (Å²) in [5.41, 5.74) is 0. The van der Waals surface area contributed by atoms with Crippen molar-refractivity contribution in [3.8, 4) is 0 Å². The van der Waals surface area contributed by atoms with Crippen molar-refractivity contribution in [1.29, 1.82) is 0 Å². The smallest absolute Gasteiger partial charge is 0.249 e. The Balaban J connectivity index is 2.13. The molecule has 1 fully saturated rings. The average Bonchev–Trinajstić information content (AvgIpc) is 0.827. The Hall–Kier alpha value is -1.93. The fourth-order valence-electron chi connectivity index (χ4n) is 13.8. The van der Waals surface area contributed by atoms with E-state index in [-0.39, 0.29) is 12.8 Å². The summed E-state index contributed by atoms with van der Waals surface area (Å²) >= 11 is 0. The van der Waals surface area contributed by atoms with Crippen LogP contribution in [0.1, 0.15) is 425 Å². The molecule has 9 atom stereocenters. The molecule has 11 nitrogen and oxygen atoms in total. The van der Waals surface area contributed by atoms with E-state index >= 15 is 0 Å². The molecule has 1 aliphatic heterocycles. The van der Waals surface area contributed by atoms with Gasteiger partial charge in [0.25, 0.3) is 0 Å². The molecule has 572 valence electrons. The predicted molar refractivity (Wildman–Crippen MR) is 413 cm³/mol. The Kier molecular flexibility index (Phi) is 70.8. The van der Waals surface area contributed by atoms with E-state index in [1.54, 1.807) is 0 Å². The molecular weight excluding hydrogens is 1210 g/mol. The highest BCUT2D eigenvalue weighted by Gasteiger charge is 2.44. The minimum Gasteiger partial charge on any atom is -0.394 e. The summed E-state index contributed by atoms with van der Waals surface area (Å²) in [4.78, 5) is 13.3. The van der Waals surface area contributed by atoms with Gasteiger partial charge < -0.3 is 50.5 Å². The van der Waals surface area contributed by atoms with E-state index in [1.165, 1.54) is 334 Å². The number of unbranched alkanes of at least 4 members (excludes halogenated alkanes) is 56. The van der Waals surface area contributed by atoms with Gasteiger partial charge in [-0.15, -0.1) is 0 Å². The van der Waals surface area contributed by atoms with Crippen molar-refractivity contribution in [2.75, 3.05) is 13.2 Å². The molecule has 1 aliphatic rings. The first kappa shape index (κ1) is 93.1. The number of carbonyl (C=O) groups excluding carboxylic acids is 1. The van der Waals surface area contributed by atoms with Gasteiger partial charge in [0.1, 0.15) is 36.6 Å². The first-order valence-corrected chi connectivity index (χ1v) is 42.5. The summed E-state index contributed by atoms with van der Waals surface area (Å²) < 4.78 is 11.2. The molecule has 0 aromatic heterocycles. The second kappa shape index (κ2) is 73.8. The van der Waals surface area contributed by atoms with Crippen LogP contribution in [0, 0.1) is 0 Å². The molecule has 0 aliphatic carbocycles. The van der Waals surface area contributed by atoms with E-state index in [1.807, 2.05) is 0 Å². The van der Waals surface area contributed by atoms with Crippen LogP contribution >= 0.6 is 0 Å². The van der Waals surface area contributed by atoms with Crippen LogP contribution in [0.5, 0.6) is 0 Å². The first-order valence-electron chi connectivity index (χ1n) is 42.5. The van der Waals surface area contributed by atoms with Crippen LogP contribution in [-0.4, -0.2) is 110 Å². The lowest BCUT2D eigenvalue weighted by Crippen LogP contribution is -2.60. The number of rotatable bonds is 76. The molecule has 8 N–H and O–H groups in total. The van der Waals surface area contributed by atoms with Gasteiger partial charge in [-0.2, -0.15) is 0 Å². The molecular formula is C86H163NO10. The van der Waals surface area contributed by atoms with Crippen molar-refractivity contribution in [2.24, 2.45) is 0 Å². The van der Waals surface area contributed by atoms with E-state index in [2.05, 4.69) is 67.8 Å². The minimum absolute atomic E-state index is 0.242. The quantitative estimate of drug-likeness (QED) is 0.0215. The predicted octanol–water partition coefficient (Wildman–Crippen LogP) is 22.6. The molecule has 11 heteroatoms. The zero-order valence-electron chi connectivity index (χ0n) is 63.8. The molecule has 1 rings (SSSR count). The molecule has 0 aromatic carbocycles. The number of hydrogen-bond donors (Lipinski definition) is 8. The van der Waals surface area contributed by atoms with Crippen molar-refractivity contribution in [3.05, 3.63) is 48.6 Å². The molecule has 0 saturated carbocycles. The Bertz CT molecular complexity index is 1720. The van der Waals surface area contributed by atoms with Gasteiger partial charge >= 0.3 is 0 Å². The maximum atomic E-state index is 13.3. The van der Waals surface area contributed by atoms with Gasteiger partial charge in [0.15, 0.2) is 6.29 Å². The number of amides is 1. The summed E-state index contributed by atoms with van der Waals surface area (Å²) in [6.07, 6.45) is 88.3. The van der Waals surface area contributed by atoms with Crippen LogP contribution in [0.2, 0.25) is 0 Å². The van der Waals surface area contributed by atoms with Crippen LogP contribution < -0.4 is 5.32 Å². The second-order valence-electron chi connectivity index (χ2n) is 29.9. The molecule has 9 unspecified atom stereocenters. The molecule has 0 radical (unpaired) electrons. The third-order valence-electron chi connectivity index (χ3n) is 20.6. The average molecular weight is 1370 g/mol. The van der Waals surface area contributed by atoms with Crippen LogP contribution in [-0.2, 0) is 14.3 Å². The highest BCUT2D eigenvalue weighted by Crippen LogP contribution is 2.24. The fraction of sp³-hybridized carbons (Fsp3) is 0.895. The van der Waals surface area contributed by atoms with Crippen molar-refractivity contribution in [2.45, 2.75) is 480 Å². The molecule has 1 saturated heterocycles. The number of aliphatic hydroxyl groups is 7. The maximum Gasteiger partial charge on any atom is 0.249 e. The number of ether oxygens (including phenoxy) is 2. The van der Waals surface area contributed by atoms with E-state index < -0.39 is 74.2 Å². The summed E-state index contributed by atoms with van der Waals surface area (Å²) in [5.74, 6) is -0.706. The first-order chi connectivity index (χ1) is 47.7. The van der Waals surface area contributed by atoms with Crippen LogP contribution in [0.25, 0.3) is 0 Å². The Morgan fingerprint density at radius 2 is 0.619 bits per heavy atom. The number of allylic oxidation sites excluding steroid dienone is 8. The lowest BCUT2D eigenvalue weighted by Gasteiger charge is -2.40. The van der Waals surface area contributed by atoms with Gasteiger partial charge in [-0.05, 0) is 89.9 Å². The summed E-state index contributed by atoms with van der Waals surface area (Å²) in [7, 11) is 0. The fourth-order valence-corrected chi connectivity index (χ4v) is 13.8. The Morgan fingerprint density at radius 1 is 0.351 bits per heavy atom. The number of aliphatic hydroxyl groups excluding tert-OH is 7. The number of carbonyl (C=O) groups is 1. The summed E-state index contributed by atoms with van der Waals surface area (Å²) in [6, 6.07) is -1.20. The molecule has 97 heavy (non-hydrogen) atoms. The minimum atomic E-state index is -1.68. The molecule has 1 amide bonds. The Morgan fingerprint density at radius 3 is 0.918 bits per heavy atom. The van der Waals surface area contributed by atoms with Gasteiger partial charge in [0.2, 0.25) is 5.91 Å². The van der Waals surface area contributed by atoms with Crippen LogP contribution in [0.4, 0.5) is 0 Å². The van der Waals surface area contributed by atoms with Gasteiger partial charge in [-0.25, -0.2) is 0 Å². The van der Waals surface area contributed by atoms with Crippen LogP contribution in [0.3, 0.4) is 0 Å². The zero-order valence-corrected chi connectivity index (χ0v) is 63.8. The van der Waals surface area contributed by atoms with Crippen molar-refractivity contribution in [3.63, 3.8) is 0 Å². The summed E-state index contributed by atoms with van der Waals surface area (Å²) in [5, 5.41) is 76.7. The van der Waals surface area contributed by atoms with E-state index in [4.69, 9.17) is 9.47 Å². The maximum absolute atomic E-state index is 13.3. The standard InChI is InChI=1S/C86H163NO10/c1-3-5-7-9-11-13-15-17-19-21-23-25-27-29-31-33-35-37-38-39-40-41-42-44-46-48-50-52-54-56-58-60-62-64-66-68-70-72-74-79(90)85(95)87-77(76-96-86-84(94)83(93)82(92)80(75-88)97-86)81(91)78(89)73-71-69-67-65-63-61-59-57-55-53-51-49-47-45-43-36-34-32-30-28-26-24-22-20-18-16-14-12-10-8-6-4-2/h39-40,49,51,57,59,65,67,77-84,86,88-94H,3-38,41-48,50,52-56,58,60-64,66,68-76H2,1-2H3,(H,87,95)/b40-39-,51-49+,59-57+,67-65+. The third kappa shape index (κ3) is 60.2. The lowest BCUT2D eigenvalue weighted by atomic mass is 9.98. The van der Waals surface area contributed by atoms with Crippen molar-refractivity contribution in [1.82, 2.24) is 5.32 Å². The lowest BCUT2D eigenvalue weighted by molar-refractivity contribution is -0.303. The zero-order chi connectivity index (χ0) is 70.2. The van der Waals surface area contributed by atoms with E-state index in [0.717, 1.165) is 44.9 Å².